The second-order valence-corrected chi connectivity index (χ2v) is 8.03. The number of ether oxygens (including phenoxy) is 1. The van der Waals surface area contributed by atoms with E-state index >= 15 is 0 Å². The number of nitrogens with zero attached hydrogens (tertiary/aromatic N) is 1. The second-order valence-electron chi connectivity index (χ2n) is 8.03. The van der Waals surface area contributed by atoms with Crippen molar-refractivity contribution in [2.75, 3.05) is 13.2 Å². The summed E-state index contributed by atoms with van der Waals surface area (Å²) in [7, 11) is 0. The minimum atomic E-state index is -0.548. The Morgan fingerprint density at radius 2 is 1.59 bits per heavy atom. The molecular formula is C22H24N2O5. The van der Waals surface area contributed by atoms with Crippen LogP contribution in [0, 0.1) is 0 Å². The molecule has 0 radical (unpaired) electrons. The van der Waals surface area contributed by atoms with E-state index in [1.807, 2.05) is 32.9 Å². The lowest BCUT2D eigenvalue weighted by molar-refractivity contribution is -0.149. The minimum Gasteiger partial charge on any atom is -0.456 e. The third-order valence-corrected chi connectivity index (χ3v) is 4.50. The van der Waals surface area contributed by atoms with Crippen LogP contribution in [0.5, 0.6) is 0 Å². The molecule has 0 atom stereocenters. The summed E-state index contributed by atoms with van der Waals surface area (Å²) in [5.74, 6) is -1.65. The van der Waals surface area contributed by atoms with Crippen LogP contribution >= 0.6 is 0 Å². The van der Waals surface area contributed by atoms with Crippen LogP contribution in [0.2, 0.25) is 0 Å². The van der Waals surface area contributed by atoms with E-state index in [4.69, 9.17) is 4.74 Å². The van der Waals surface area contributed by atoms with Gasteiger partial charge >= 0.3 is 5.97 Å². The fourth-order valence-corrected chi connectivity index (χ4v) is 3.34. The first-order valence-corrected chi connectivity index (χ1v) is 9.52. The molecule has 0 aliphatic carbocycles. The fraction of sp³-hybridized carbons (Fsp3) is 0.364. The van der Waals surface area contributed by atoms with E-state index in [9.17, 15) is 19.2 Å². The molecule has 2 aromatic carbocycles. The van der Waals surface area contributed by atoms with Gasteiger partial charge in [-0.05, 0) is 44.7 Å². The van der Waals surface area contributed by atoms with Crippen molar-refractivity contribution < 1.29 is 23.9 Å². The highest BCUT2D eigenvalue weighted by Gasteiger charge is 2.32. The van der Waals surface area contributed by atoms with Gasteiger partial charge in [0.25, 0.3) is 17.7 Å². The van der Waals surface area contributed by atoms with E-state index in [1.165, 1.54) is 0 Å². The Morgan fingerprint density at radius 1 is 1.00 bits per heavy atom. The maximum Gasteiger partial charge on any atom is 0.306 e. The molecule has 1 aliphatic heterocycles. The molecule has 0 spiro atoms. The molecule has 1 N–H and O–H groups in total. The van der Waals surface area contributed by atoms with Gasteiger partial charge < -0.3 is 10.1 Å². The molecule has 152 valence electrons. The Labute approximate surface area is 169 Å². The largest absolute Gasteiger partial charge is 0.456 e. The molecule has 2 aromatic rings. The van der Waals surface area contributed by atoms with Crippen LogP contribution in [-0.2, 0) is 14.3 Å². The topological polar surface area (TPSA) is 92.8 Å². The van der Waals surface area contributed by atoms with Gasteiger partial charge in [-0.3, -0.25) is 24.1 Å². The number of rotatable bonds is 6. The SMILES string of the molecule is CC(C)(C)NC(=O)COC(=O)CCCN1C(=O)c2cccc3cccc(c23)C1=O. The van der Waals surface area contributed by atoms with Crippen molar-refractivity contribution in [1.29, 1.82) is 0 Å². The van der Waals surface area contributed by atoms with E-state index < -0.39 is 11.5 Å². The molecule has 7 nitrogen and oxygen atoms in total. The molecule has 3 amide bonds. The zero-order chi connectivity index (χ0) is 21.2. The Morgan fingerprint density at radius 3 is 2.14 bits per heavy atom. The van der Waals surface area contributed by atoms with Crippen LogP contribution in [0.25, 0.3) is 10.8 Å². The van der Waals surface area contributed by atoms with Crippen molar-refractivity contribution in [2.45, 2.75) is 39.2 Å². The summed E-state index contributed by atoms with van der Waals surface area (Å²) in [5.41, 5.74) is 0.565. The average Bonchev–Trinajstić information content (AvgIpc) is 2.65. The molecule has 0 saturated heterocycles. The monoisotopic (exact) mass is 396 g/mol. The summed E-state index contributed by atoms with van der Waals surface area (Å²) in [6.07, 6.45) is 0.265. The number of imide groups is 1. The van der Waals surface area contributed by atoms with Crippen LogP contribution in [0.15, 0.2) is 36.4 Å². The second kappa shape index (κ2) is 8.03. The smallest absolute Gasteiger partial charge is 0.306 e. The maximum absolute atomic E-state index is 12.8. The third-order valence-electron chi connectivity index (χ3n) is 4.50. The number of hydrogen-bond donors (Lipinski definition) is 1. The molecule has 0 bridgehead atoms. The van der Waals surface area contributed by atoms with Gasteiger partial charge in [0.1, 0.15) is 0 Å². The predicted molar refractivity (Wildman–Crippen MR) is 107 cm³/mol. The van der Waals surface area contributed by atoms with E-state index in [1.54, 1.807) is 24.3 Å². The Hall–Kier alpha value is -3.22. The summed E-state index contributed by atoms with van der Waals surface area (Å²) >= 11 is 0. The van der Waals surface area contributed by atoms with Crippen LogP contribution < -0.4 is 5.32 Å². The summed E-state index contributed by atoms with van der Waals surface area (Å²) in [5, 5.41) is 4.22. The number of benzene rings is 2. The Balaban J connectivity index is 1.57. The van der Waals surface area contributed by atoms with Crippen LogP contribution in [0.1, 0.15) is 54.3 Å². The fourth-order valence-electron chi connectivity index (χ4n) is 3.34. The average molecular weight is 396 g/mol. The molecule has 1 heterocycles. The number of esters is 1. The maximum atomic E-state index is 12.8. The third kappa shape index (κ3) is 4.62. The zero-order valence-electron chi connectivity index (χ0n) is 16.8. The zero-order valence-corrected chi connectivity index (χ0v) is 16.8. The highest BCUT2D eigenvalue weighted by atomic mass is 16.5. The first-order chi connectivity index (χ1) is 13.7. The minimum absolute atomic E-state index is 0.00566. The van der Waals surface area contributed by atoms with Gasteiger partial charge in [-0.15, -0.1) is 0 Å². The van der Waals surface area contributed by atoms with Crippen LogP contribution in [-0.4, -0.2) is 47.3 Å². The summed E-state index contributed by atoms with van der Waals surface area (Å²) in [6.45, 7) is 5.24. The molecular weight excluding hydrogens is 372 g/mol. The van der Waals surface area contributed by atoms with Gasteiger partial charge in [-0.25, -0.2) is 0 Å². The lowest BCUT2D eigenvalue weighted by Crippen LogP contribution is -2.43. The lowest BCUT2D eigenvalue weighted by Gasteiger charge is -2.27. The molecule has 0 aromatic heterocycles. The van der Waals surface area contributed by atoms with E-state index in [0.29, 0.717) is 16.5 Å². The Bertz CT molecular complexity index is 940. The molecule has 0 fully saturated rings. The van der Waals surface area contributed by atoms with Crippen molar-refractivity contribution in [3.63, 3.8) is 0 Å². The normalized spacial score (nSPS) is 13.6. The van der Waals surface area contributed by atoms with Crippen LogP contribution in [0.3, 0.4) is 0 Å². The number of carbonyl (C=O) groups excluding carboxylic acids is 4. The number of amides is 3. The van der Waals surface area contributed by atoms with Crippen molar-refractivity contribution in [2.24, 2.45) is 0 Å². The standard InChI is InChI=1S/C22H24N2O5/c1-22(2,3)23-17(25)13-29-18(26)11-6-12-24-20(27)15-9-4-7-14-8-5-10-16(19(14)15)21(24)28/h4-5,7-10H,6,11-13H2,1-3H3,(H,23,25). The molecule has 3 rings (SSSR count). The molecule has 7 heteroatoms. The van der Waals surface area contributed by atoms with Crippen molar-refractivity contribution >= 4 is 34.5 Å². The highest BCUT2D eigenvalue weighted by Crippen LogP contribution is 2.30. The first kappa shape index (κ1) is 20.5. The molecule has 0 saturated carbocycles. The van der Waals surface area contributed by atoms with E-state index in [2.05, 4.69) is 5.32 Å². The van der Waals surface area contributed by atoms with Crippen molar-refractivity contribution in [3.8, 4) is 0 Å². The van der Waals surface area contributed by atoms with E-state index in [-0.39, 0.29) is 43.7 Å². The summed E-state index contributed by atoms with van der Waals surface area (Å²) in [4.78, 5) is 50.3. The van der Waals surface area contributed by atoms with Gasteiger partial charge in [0, 0.05) is 35.0 Å². The summed E-state index contributed by atoms with van der Waals surface area (Å²) in [6, 6.07) is 10.7. The van der Waals surface area contributed by atoms with Crippen LogP contribution in [0.4, 0.5) is 0 Å². The van der Waals surface area contributed by atoms with Crippen molar-refractivity contribution in [3.05, 3.63) is 47.5 Å². The predicted octanol–water partition coefficient (Wildman–Crippen LogP) is 2.67. The van der Waals surface area contributed by atoms with Gasteiger partial charge in [0.15, 0.2) is 6.61 Å². The van der Waals surface area contributed by atoms with E-state index in [0.717, 1.165) is 10.3 Å². The van der Waals surface area contributed by atoms with Gasteiger partial charge in [0.05, 0.1) is 0 Å². The highest BCUT2D eigenvalue weighted by molar-refractivity contribution is 6.25. The number of carbonyl (C=O) groups is 4. The first-order valence-electron chi connectivity index (χ1n) is 9.52. The van der Waals surface area contributed by atoms with Gasteiger partial charge in [-0.1, -0.05) is 24.3 Å². The molecule has 1 aliphatic rings. The molecule has 29 heavy (non-hydrogen) atoms. The molecule has 0 unspecified atom stereocenters. The quantitative estimate of drug-likeness (QED) is 0.599. The lowest BCUT2D eigenvalue weighted by atomic mass is 9.94. The number of hydrogen-bond acceptors (Lipinski definition) is 5. The van der Waals surface area contributed by atoms with Crippen molar-refractivity contribution in [1.82, 2.24) is 10.2 Å². The van der Waals surface area contributed by atoms with Gasteiger partial charge in [-0.2, -0.15) is 0 Å². The summed E-state index contributed by atoms with van der Waals surface area (Å²) < 4.78 is 4.96. The number of nitrogens with one attached hydrogen (secondary N) is 1. The Kier molecular flexibility index (Phi) is 5.68. The van der Waals surface area contributed by atoms with Gasteiger partial charge in [0.2, 0.25) is 0 Å².